The van der Waals surface area contributed by atoms with Crippen LogP contribution in [0.2, 0.25) is 4.34 Å². The van der Waals surface area contributed by atoms with E-state index in [1.54, 1.807) is 11.3 Å². The maximum absolute atomic E-state index is 11.7. The number of sulfone groups is 1. The molecule has 1 amide bonds. The summed E-state index contributed by atoms with van der Waals surface area (Å²) in [7, 11) is -2.89. The van der Waals surface area contributed by atoms with Crippen molar-refractivity contribution < 1.29 is 13.2 Å². The summed E-state index contributed by atoms with van der Waals surface area (Å²) in [5.74, 6) is 0.368. The fourth-order valence-corrected chi connectivity index (χ4v) is 5.50. The summed E-state index contributed by atoms with van der Waals surface area (Å²) in [5, 5.41) is 2.87. The van der Waals surface area contributed by atoms with Crippen LogP contribution in [0.25, 0.3) is 0 Å². The predicted octanol–water partition coefficient (Wildman–Crippen LogP) is 2.67. The Bertz CT molecular complexity index is 583. The number of nitrogens with one attached hydrogen (secondary N) is 1. The van der Waals surface area contributed by atoms with E-state index >= 15 is 0 Å². The molecule has 1 aliphatic heterocycles. The van der Waals surface area contributed by atoms with Crippen LogP contribution in [0.4, 0.5) is 0 Å². The number of hydrogen-bond donors (Lipinski definition) is 1. The summed E-state index contributed by atoms with van der Waals surface area (Å²) in [4.78, 5) is 13.0. The number of carbonyl (C=O) groups is 1. The molecule has 4 nitrogen and oxygen atoms in total. The molecule has 1 aromatic rings. The van der Waals surface area contributed by atoms with E-state index in [2.05, 4.69) is 5.32 Å². The molecular formula is C14H20ClNO3S2. The minimum Gasteiger partial charge on any atom is -0.356 e. The van der Waals surface area contributed by atoms with E-state index in [0.29, 0.717) is 19.4 Å². The lowest BCUT2D eigenvalue weighted by atomic mass is 10.1. The van der Waals surface area contributed by atoms with Gasteiger partial charge in [0, 0.05) is 17.8 Å². The number of unbranched alkanes of at least 4 members (excludes halogenated alkanes) is 1. The fourth-order valence-electron chi connectivity index (χ4n) is 2.51. The zero-order valence-electron chi connectivity index (χ0n) is 11.8. The monoisotopic (exact) mass is 349 g/mol. The molecule has 118 valence electrons. The van der Waals surface area contributed by atoms with Crippen molar-refractivity contribution in [1.29, 1.82) is 0 Å². The first-order valence-corrected chi connectivity index (χ1v) is 10.2. The van der Waals surface area contributed by atoms with Crippen molar-refractivity contribution in [2.24, 2.45) is 5.92 Å². The van der Waals surface area contributed by atoms with Crippen molar-refractivity contribution in [3.63, 3.8) is 0 Å². The summed E-state index contributed by atoms with van der Waals surface area (Å²) in [6, 6.07) is 3.94. The van der Waals surface area contributed by atoms with Crippen LogP contribution in [-0.4, -0.2) is 32.4 Å². The van der Waals surface area contributed by atoms with Crippen molar-refractivity contribution in [1.82, 2.24) is 5.32 Å². The van der Waals surface area contributed by atoms with Crippen LogP contribution in [0.5, 0.6) is 0 Å². The van der Waals surface area contributed by atoms with Crippen molar-refractivity contribution >= 4 is 38.7 Å². The number of thiophene rings is 1. The van der Waals surface area contributed by atoms with E-state index in [1.807, 2.05) is 12.1 Å². The molecule has 1 N–H and O–H groups in total. The topological polar surface area (TPSA) is 63.2 Å². The maximum Gasteiger partial charge on any atom is 0.220 e. The average Bonchev–Trinajstić information content (AvgIpc) is 2.95. The maximum atomic E-state index is 11.7. The molecule has 0 aromatic carbocycles. The molecule has 1 aliphatic rings. The Morgan fingerprint density at radius 2 is 2.19 bits per heavy atom. The fraction of sp³-hybridized carbons (Fsp3) is 0.643. The Balaban J connectivity index is 1.55. The van der Waals surface area contributed by atoms with Crippen LogP contribution in [0.3, 0.4) is 0 Å². The molecule has 0 spiro atoms. The van der Waals surface area contributed by atoms with Gasteiger partial charge in [-0.15, -0.1) is 11.3 Å². The van der Waals surface area contributed by atoms with Gasteiger partial charge in [-0.3, -0.25) is 4.79 Å². The normalized spacial score (nSPS) is 20.5. The van der Waals surface area contributed by atoms with Crippen LogP contribution < -0.4 is 5.32 Å². The molecule has 0 saturated carbocycles. The van der Waals surface area contributed by atoms with Gasteiger partial charge in [0.1, 0.15) is 0 Å². The predicted molar refractivity (Wildman–Crippen MR) is 86.7 cm³/mol. The third kappa shape index (κ3) is 5.96. The molecule has 1 fully saturated rings. The number of hydrogen-bond acceptors (Lipinski definition) is 4. The molecule has 2 heterocycles. The lowest BCUT2D eigenvalue weighted by molar-refractivity contribution is -0.121. The van der Waals surface area contributed by atoms with Crippen molar-refractivity contribution in [3.8, 4) is 0 Å². The molecule has 7 heteroatoms. The number of aryl methyl sites for hydroxylation is 1. The SMILES string of the molecule is O=C(C[C@@H]1CCS(=O)(=O)C1)NCCCCc1ccc(Cl)s1. The first-order valence-electron chi connectivity index (χ1n) is 7.16. The lowest BCUT2D eigenvalue weighted by Crippen LogP contribution is -2.26. The van der Waals surface area contributed by atoms with Crippen LogP contribution in [0.1, 0.15) is 30.6 Å². The van der Waals surface area contributed by atoms with Gasteiger partial charge in [-0.2, -0.15) is 0 Å². The van der Waals surface area contributed by atoms with E-state index < -0.39 is 9.84 Å². The number of rotatable bonds is 7. The van der Waals surface area contributed by atoms with Crippen LogP contribution >= 0.6 is 22.9 Å². The highest BCUT2D eigenvalue weighted by Gasteiger charge is 2.29. The molecule has 0 radical (unpaired) electrons. The van der Waals surface area contributed by atoms with Gasteiger partial charge in [0.2, 0.25) is 5.91 Å². The average molecular weight is 350 g/mol. The minimum atomic E-state index is -2.89. The van der Waals surface area contributed by atoms with E-state index in [1.165, 1.54) is 4.88 Å². The first-order chi connectivity index (χ1) is 9.94. The first kappa shape index (κ1) is 16.8. The standard InChI is InChI=1S/C14H20ClNO3S2/c15-13-5-4-12(20-13)3-1-2-7-16-14(17)9-11-6-8-21(18,19)10-11/h4-5,11H,1-3,6-10H2,(H,16,17)/t11-/m0/s1. The van der Waals surface area contributed by atoms with Gasteiger partial charge < -0.3 is 5.32 Å². The zero-order chi connectivity index (χ0) is 15.3. The third-order valence-corrected chi connectivity index (χ3v) is 6.73. The molecule has 2 rings (SSSR count). The Morgan fingerprint density at radius 1 is 1.38 bits per heavy atom. The number of carbonyl (C=O) groups excluding carboxylic acids is 1. The van der Waals surface area contributed by atoms with Gasteiger partial charge in [0.05, 0.1) is 15.8 Å². The largest absolute Gasteiger partial charge is 0.356 e. The van der Waals surface area contributed by atoms with Crippen LogP contribution in [0, 0.1) is 5.92 Å². The lowest BCUT2D eigenvalue weighted by Gasteiger charge is -2.08. The molecule has 1 saturated heterocycles. The van der Waals surface area contributed by atoms with E-state index in [0.717, 1.165) is 23.6 Å². The second-order valence-corrected chi connectivity index (χ2v) is 9.51. The second-order valence-electron chi connectivity index (χ2n) is 5.49. The summed E-state index contributed by atoms with van der Waals surface area (Å²) in [5.41, 5.74) is 0. The molecule has 0 bridgehead atoms. The van der Waals surface area contributed by atoms with Crippen molar-refractivity contribution in [2.75, 3.05) is 18.1 Å². The van der Waals surface area contributed by atoms with Gasteiger partial charge in [-0.1, -0.05) is 11.6 Å². The highest BCUT2D eigenvalue weighted by atomic mass is 35.5. The Hall–Kier alpha value is -0.590. The van der Waals surface area contributed by atoms with Crippen molar-refractivity contribution in [3.05, 3.63) is 21.3 Å². The number of halogens is 1. The Kier molecular flexibility index (Phi) is 6.08. The summed E-state index contributed by atoms with van der Waals surface area (Å²) < 4.78 is 23.4. The molecule has 0 aliphatic carbocycles. The summed E-state index contributed by atoms with van der Waals surface area (Å²) >= 11 is 7.46. The van der Waals surface area contributed by atoms with E-state index in [4.69, 9.17) is 11.6 Å². The second kappa shape index (κ2) is 7.61. The highest BCUT2D eigenvalue weighted by Crippen LogP contribution is 2.23. The Labute approximate surface area is 134 Å². The minimum absolute atomic E-state index is 0.00302. The third-order valence-electron chi connectivity index (χ3n) is 3.60. The molecule has 1 atom stereocenters. The smallest absolute Gasteiger partial charge is 0.220 e. The van der Waals surface area contributed by atoms with E-state index in [9.17, 15) is 13.2 Å². The van der Waals surface area contributed by atoms with Gasteiger partial charge in [-0.25, -0.2) is 8.42 Å². The molecule has 1 aromatic heterocycles. The molecule has 21 heavy (non-hydrogen) atoms. The van der Waals surface area contributed by atoms with E-state index in [-0.39, 0.29) is 23.3 Å². The van der Waals surface area contributed by atoms with Crippen LogP contribution in [0.15, 0.2) is 12.1 Å². The quantitative estimate of drug-likeness (QED) is 0.770. The molecular weight excluding hydrogens is 330 g/mol. The Morgan fingerprint density at radius 3 is 2.81 bits per heavy atom. The van der Waals surface area contributed by atoms with Crippen molar-refractivity contribution in [2.45, 2.75) is 32.1 Å². The van der Waals surface area contributed by atoms with Gasteiger partial charge in [-0.05, 0) is 43.7 Å². The highest BCUT2D eigenvalue weighted by molar-refractivity contribution is 7.91. The van der Waals surface area contributed by atoms with Gasteiger partial charge in [0.15, 0.2) is 9.84 Å². The van der Waals surface area contributed by atoms with Crippen LogP contribution in [-0.2, 0) is 21.1 Å². The number of amides is 1. The van der Waals surface area contributed by atoms with Gasteiger partial charge >= 0.3 is 0 Å². The zero-order valence-corrected chi connectivity index (χ0v) is 14.2. The van der Waals surface area contributed by atoms with Gasteiger partial charge in [0.25, 0.3) is 0 Å². The summed E-state index contributed by atoms with van der Waals surface area (Å²) in [6.45, 7) is 0.650. The summed E-state index contributed by atoms with van der Waals surface area (Å²) in [6.07, 6.45) is 3.86. The molecule has 0 unspecified atom stereocenters.